The number of carbonyl (C=O) groups excluding carboxylic acids is 1. The lowest BCUT2D eigenvalue weighted by atomic mass is 9.77. The Labute approximate surface area is 174 Å². The maximum Gasteiger partial charge on any atom is 0.492 e. The lowest BCUT2D eigenvalue weighted by molar-refractivity contribution is 0.00578. The summed E-state index contributed by atoms with van der Waals surface area (Å²) in [4.78, 5) is 12.1. The second-order valence-corrected chi connectivity index (χ2v) is 9.16. The number of amides is 1. The van der Waals surface area contributed by atoms with Crippen LogP contribution in [-0.2, 0) is 14.0 Å². The normalized spacial score (nSPS) is 18.5. The Hall–Kier alpha value is -2.19. The third-order valence-electron chi connectivity index (χ3n) is 5.00. The van der Waals surface area contributed by atoms with Crippen LogP contribution in [0.25, 0.3) is 6.08 Å². The summed E-state index contributed by atoms with van der Waals surface area (Å²) in [5, 5.41) is 2.78. The molecule has 0 radical (unpaired) electrons. The van der Waals surface area contributed by atoms with Gasteiger partial charge in [-0.25, -0.2) is 4.79 Å². The summed E-state index contributed by atoms with van der Waals surface area (Å²) in [6.07, 6.45) is 1.39. The molecule has 1 aromatic carbocycles. The number of hydrogen-bond acceptors (Lipinski definition) is 6. The minimum absolute atomic E-state index is 0.206. The molecule has 1 amide bonds. The number of rotatable bonds is 5. The molecule has 1 aliphatic heterocycles. The highest BCUT2D eigenvalue weighted by Gasteiger charge is 2.52. The number of anilines is 1. The van der Waals surface area contributed by atoms with Crippen LogP contribution in [0.3, 0.4) is 0 Å². The lowest BCUT2D eigenvalue weighted by Gasteiger charge is -2.32. The predicted octanol–water partition coefficient (Wildman–Crippen LogP) is 3.82. The Bertz CT molecular complexity index is 768. The van der Waals surface area contributed by atoms with Crippen LogP contribution in [0.4, 0.5) is 10.5 Å². The van der Waals surface area contributed by atoms with E-state index in [4.69, 9.17) is 24.5 Å². The van der Waals surface area contributed by atoms with Crippen molar-refractivity contribution in [2.24, 2.45) is 0 Å². The molecule has 1 aromatic rings. The van der Waals surface area contributed by atoms with Gasteiger partial charge >= 0.3 is 13.2 Å². The van der Waals surface area contributed by atoms with Crippen molar-refractivity contribution in [1.29, 1.82) is 0 Å². The minimum Gasteiger partial charge on any atom is -0.495 e. The number of methoxy groups -OCH3 is 1. The first kappa shape index (κ1) is 23.1. The van der Waals surface area contributed by atoms with Crippen LogP contribution < -0.4 is 15.8 Å². The van der Waals surface area contributed by atoms with E-state index in [0.717, 1.165) is 11.0 Å². The van der Waals surface area contributed by atoms with E-state index in [1.165, 1.54) is 0 Å². The van der Waals surface area contributed by atoms with E-state index in [9.17, 15) is 4.79 Å². The van der Waals surface area contributed by atoms with Crippen molar-refractivity contribution in [3.05, 3.63) is 29.2 Å². The van der Waals surface area contributed by atoms with E-state index in [0.29, 0.717) is 11.4 Å². The van der Waals surface area contributed by atoms with Gasteiger partial charge in [-0.3, -0.25) is 0 Å². The second-order valence-electron chi connectivity index (χ2n) is 9.16. The summed E-state index contributed by atoms with van der Waals surface area (Å²) in [5.74, 6) is 0.603. The van der Waals surface area contributed by atoms with Gasteiger partial charge in [0.1, 0.15) is 11.4 Å². The molecule has 8 heteroatoms. The molecule has 1 aliphatic rings. The van der Waals surface area contributed by atoms with Crippen LogP contribution in [0.15, 0.2) is 23.7 Å². The topological polar surface area (TPSA) is 92.0 Å². The van der Waals surface area contributed by atoms with Gasteiger partial charge in [-0.1, -0.05) is 12.1 Å². The summed E-state index contributed by atoms with van der Waals surface area (Å²) in [7, 11) is 0.958. The van der Waals surface area contributed by atoms with Gasteiger partial charge in [0, 0.05) is 6.54 Å². The zero-order valence-electron chi connectivity index (χ0n) is 18.7. The number of carbonyl (C=O) groups is 1. The summed E-state index contributed by atoms with van der Waals surface area (Å²) in [6, 6.07) is 5.48. The first-order valence-electron chi connectivity index (χ1n) is 9.70. The third kappa shape index (κ3) is 5.90. The Morgan fingerprint density at radius 2 is 1.79 bits per heavy atom. The second kappa shape index (κ2) is 8.28. The van der Waals surface area contributed by atoms with Gasteiger partial charge in [0.15, 0.2) is 0 Å². The van der Waals surface area contributed by atoms with Crippen LogP contribution in [0.2, 0.25) is 0 Å². The fourth-order valence-electron chi connectivity index (χ4n) is 2.74. The van der Waals surface area contributed by atoms with E-state index in [1.807, 2.05) is 60.6 Å². The molecule has 160 valence electrons. The van der Waals surface area contributed by atoms with Gasteiger partial charge in [0.25, 0.3) is 0 Å². The van der Waals surface area contributed by atoms with Crippen molar-refractivity contribution in [1.82, 2.24) is 5.32 Å². The van der Waals surface area contributed by atoms with Gasteiger partial charge in [0.05, 0.1) is 24.0 Å². The zero-order valence-corrected chi connectivity index (χ0v) is 18.7. The molecular formula is C21H33BN2O5. The predicted molar refractivity (Wildman–Crippen MR) is 116 cm³/mol. The molecular weight excluding hydrogens is 371 g/mol. The van der Waals surface area contributed by atoms with Gasteiger partial charge in [0.2, 0.25) is 0 Å². The van der Waals surface area contributed by atoms with Crippen LogP contribution in [0, 0.1) is 0 Å². The van der Waals surface area contributed by atoms with E-state index in [1.54, 1.807) is 19.2 Å². The molecule has 7 nitrogen and oxygen atoms in total. The SMILES string of the molecule is COc1ccc(C=C(CNC(=O)OC(C)(C)C)B2OC(C)(C)C(C)(C)O2)cc1N. The number of benzene rings is 1. The van der Waals surface area contributed by atoms with E-state index in [-0.39, 0.29) is 6.54 Å². The molecule has 0 aromatic heterocycles. The Kier molecular flexibility index (Phi) is 6.60. The quantitative estimate of drug-likeness (QED) is 0.573. The first-order valence-corrected chi connectivity index (χ1v) is 9.70. The number of nitrogen functional groups attached to an aromatic ring is 1. The van der Waals surface area contributed by atoms with E-state index in [2.05, 4.69) is 5.32 Å². The van der Waals surface area contributed by atoms with Crippen molar-refractivity contribution < 1.29 is 23.6 Å². The van der Waals surface area contributed by atoms with Crippen molar-refractivity contribution in [3.63, 3.8) is 0 Å². The molecule has 2 rings (SSSR count). The van der Waals surface area contributed by atoms with Gasteiger partial charge in [-0.2, -0.15) is 0 Å². The number of alkyl carbamates (subject to hydrolysis) is 1. The van der Waals surface area contributed by atoms with Crippen molar-refractivity contribution in [2.45, 2.75) is 65.3 Å². The minimum atomic E-state index is -0.613. The molecule has 3 N–H and O–H groups in total. The van der Waals surface area contributed by atoms with Crippen LogP contribution in [0.1, 0.15) is 54.0 Å². The molecule has 0 atom stereocenters. The average molecular weight is 404 g/mol. The molecule has 0 spiro atoms. The number of nitrogens with one attached hydrogen (secondary N) is 1. The molecule has 1 fully saturated rings. The van der Waals surface area contributed by atoms with Crippen molar-refractivity contribution in [3.8, 4) is 5.75 Å². The lowest BCUT2D eigenvalue weighted by Crippen LogP contribution is -2.41. The van der Waals surface area contributed by atoms with Crippen LogP contribution >= 0.6 is 0 Å². The molecule has 1 heterocycles. The number of ether oxygens (including phenoxy) is 2. The standard InChI is InChI=1S/C21H33BN2O5/c1-19(2,3)27-18(25)24-13-15(22-28-20(4,5)21(6,7)29-22)11-14-9-10-17(26-8)16(23)12-14/h9-12H,13,23H2,1-8H3,(H,24,25). The fraction of sp³-hybridized carbons (Fsp3) is 0.571. The summed E-state index contributed by atoms with van der Waals surface area (Å²) >= 11 is 0. The van der Waals surface area contributed by atoms with Gasteiger partial charge in [-0.05, 0) is 71.6 Å². The molecule has 0 aliphatic carbocycles. The molecule has 29 heavy (non-hydrogen) atoms. The highest BCUT2D eigenvalue weighted by molar-refractivity contribution is 6.56. The van der Waals surface area contributed by atoms with E-state index >= 15 is 0 Å². The third-order valence-corrected chi connectivity index (χ3v) is 5.00. The fourth-order valence-corrected chi connectivity index (χ4v) is 2.74. The maximum absolute atomic E-state index is 12.1. The van der Waals surface area contributed by atoms with Crippen molar-refractivity contribution in [2.75, 3.05) is 19.4 Å². The Morgan fingerprint density at radius 3 is 2.28 bits per heavy atom. The van der Waals surface area contributed by atoms with Crippen molar-refractivity contribution >= 4 is 25.0 Å². The van der Waals surface area contributed by atoms with Crippen LogP contribution in [0.5, 0.6) is 5.75 Å². The van der Waals surface area contributed by atoms with Gasteiger partial charge in [-0.15, -0.1) is 0 Å². The largest absolute Gasteiger partial charge is 0.495 e. The average Bonchev–Trinajstić information content (AvgIpc) is 2.77. The number of nitrogens with two attached hydrogens (primary N) is 1. The molecule has 0 unspecified atom stereocenters. The summed E-state index contributed by atoms with van der Waals surface area (Å²) in [6.45, 7) is 13.6. The Balaban J connectivity index is 2.28. The zero-order chi connectivity index (χ0) is 22.0. The summed E-state index contributed by atoms with van der Waals surface area (Å²) in [5.41, 5.74) is 6.57. The monoisotopic (exact) mass is 404 g/mol. The van der Waals surface area contributed by atoms with E-state index < -0.39 is 30.0 Å². The molecule has 0 saturated carbocycles. The maximum atomic E-state index is 12.1. The van der Waals surface area contributed by atoms with Gasteiger partial charge < -0.3 is 29.8 Å². The highest BCUT2D eigenvalue weighted by atomic mass is 16.7. The molecule has 0 bridgehead atoms. The molecule has 1 saturated heterocycles. The number of hydrogen-bond donors (Lipinski definition) is 2. The highest BCUT2D eigenvalue weighted by Crippen LogP contribution is 2.39. The first-order chi connectivity index (χ1) is 13.2. The smallest absolute Gasteiger partial charge is 0.492 e. The summed E-state index contributed by atoms with van der Waals surface area (Å²) < 4.78 is 22.9. The van der Waals surface area contributed by atoms with Crippen LogP contribution in [-0.4, -0.2) is 43.7 Å². The Morgan fingerprint density at radius 1 is 1.21 bits per heavy atom.